The van der Waals surface area contributed by atoms with Crippen LogP contribution in [0.2, 0.25) is 0 Å². The normalized spacial score (nSPS) is 21.6. The molecule has 4 nitrogen and oxygen atoms in total. The molecular formula is C10H17N3O. The number of aromatic amines is 1. The molecule has 1 fully saturated rings. The van der Waals surface area contributed by atoms with E-state index in [0.717, 1.165) is 37.7 Å². The van der Waals surface area contributed by atoms with E-state index in [4.69, 9.17) is 0 Å². The van der Waals surface area contributed by atoms with E-state index in [1.54, 1.807) is 10.7 Å². The molecule has 78 valence electrons. The van der Waals surface area contributed by atoms with Gasteiger partial charge in [0.25, 0.3) is 5.56 Å². The van der Waals surface area contributed by atoms with Crippen LogP contribution < -0.4 is 10.9 Å². The van der Waals surface area contributed by atoms with Gasteiger partial charge in [-0.15, -0.1) is 0 Å². The first kappa shape index (κ1) is 9.52. The number of nitrogens with one attached hydrogen (secondary N) is 2. The predicted octanol–water partition coefficient (Wildman–Crippen LogP) is 0.484. The molecule has 1 aliphatic heterocycles. The fourth-order valence-electron chi connectivity index (χ4n) is 2.00. The molecule has 2 N–H and O–H groups in total. The molecule has 1 aliphatic rings. The summed E-state index contributed by atoms with van der Waals surface area (Å²) in [5.74, 6) is 0.741. The maximum Gasteiger partial charge on any atom is 0.266 e. The van der Waals surface area contributed by atoms with Gasteiger partial charge in [-0.3, -0.25) is 9.48 Å². The minimum Gasteiger partial charge on any atom is -0.316 e. The first-order chi connectivity index (χ1) is 6.75. The van der Waals surface area contributed by atoms with Crippen LogP contribution in [-0.2, 0) is 6.54 Å². The highest BCUT2D eigenvalue weighted by molar-refractivity contribution is 4.95. The number of aromatic nitrogens is 2. The van der Waals surface area contributed by atoms with E-state index in [-0.39, 0.29) is 5.56 Å². The fourth-order valence-corrected chi connectivity index (χ4v) is 2.00. The van der Waals surface area contributed by atoms with Crippen molar-refractivity contribution in [3.63, 3.8) is 0 Å². The molecule has 0 spiro atoms. The summed E-state index contributed by atoms with van der Waals surface area (Å²) in [6, 6.07) is 1.65. The molecule has 1 aromatic rings. The Morgan fingerprint density at radius 2 is 2.50 bits per heavy atom. The van der Waals surface area contributed by atoms with Crippen LogP contribution in [0.4, 0.5) is 0 Å². The van der Waals surface area contributed by atoms with Crippen molar-refractivity contribution >= 4 is 0 Å². The highest BCUT2D eigenvalue weighted by Gasteiger charge is 2.14. The smallest absolute Gasteiger partial charge is 0.266 e. The van der Waals surface area contributed by atoms with Gasteiger partial charge in [-0.2, -0.15) is 0 Å². The minimum absolute atomic E-state index is 0.0912. The number of rotatable bonds is 3. The largest absolute Gasteiger partial charge is 0.316 e. The van der Waals surface area contributed by atoms with E-state index < -0.39 is 0 Å². The van der Waals surface area contributed by atoms with Crippen LogP contribution in [0.5, 0.6) is 0 Å². The van der Waals surface area contributed by atoms with E-state index in [2.05, 4.69) is 10.4 Å². The molecule has 0 saturated carbocycles. The van der Waals surface area contributed by atoms with Crippen molar-refractivity contribution in [2.24, 2.45) is 5.92 Å². The third-order valence-electron chi connectivity index (χ3n) is 2.84. The maximum atomic E-state index is 11.4. The Morgan fingerprint density at radius 1 is 1.64 bits per heavy atom. The first-order valence-corrected chi connectivity index (χ1v) is 5.23. The van der Waals surface area contributed by atoms with E-state index in [1.807, 2.05) is 6.92 Å². The lowest BCUT2D eigenvalue weighted by atomic mass is 10.1. The Labute approximate surface area is 83.3 Å². The van der Waals surface area contributed by atoms with Crippen molar-refractivity contribution < 1.29 is 0 Å². The third-order valence-corrected chi connectivity index (χ3v) is 2.84. The van der Waals surface area contributed by atoms with Gasteiger partial charge >= 0.3 is 0 Å². The number of hydrogen-bond acceptors (Lipinski definition) is 2. The summed E-state index contributed by atoms with van der Waals surface area (Å²) in [5, 5.41) is 6.38. The van der Waals surface area contributed by atoms with Gasteiger partial charge in [-0.25, -0.2) is 0 Å². The Morgan fingerprint density at radius 3 is 3.07 bits per heavy atom. The third kappa shape index (κ3) is 2.07. The first-order valence-electron chi connectivity index (χ1n) is 5.23. The van der Waals surface area contributed by atoms with Gasteiger partial charge in [0.15, 0.2) is 0 Å². The molecule has 14 heavy (non-hydrogen) atoms. The molecule has 0 bridgehead atoms. The van der Waals surface area contributed by atoms with Crippen LogP contribution in [0.1, 0.15) is 18.5 Å². The summed E-state index contributed by atoms with van der Waals surface area (Å²) in [6.45, 7) is 4.96. The summed E-state index contributed by atoms with van der Waals surface area (Å²) < 4.78 is 1.70. The van der Waals surface area contributed by atoms with Crippen molar-refractivity contribution in [3.8, 4) is 0 Å². The van der Waals surface area contributed by atoms with Crippen LogP contribution in [0.25, 0.3) is 0 Å². The summed E-state index contributed by atoms with van der Waals surface area (Å²) >= 11 is 0. The summed E-state index contributed by atoms with van der Waals surface area (Å²) in [5.41, 5.74) is 1.04. The van der Waals surface area contributed by atoms with Crippen molar-refractivity contribution in [1.29, 1.82) is 0 Å². The number of hydrogen-bond donors (Lipinski definition) is 2. The van der Waals surface area contributed by atoms with Gasteiger partial charge in [0, 0.05) is 18.3 Å². The van der Waals surface area contributed by atoms with E-state index >= 15 is 0 Å². The molecule has 0 radical (unpaired) electrons. The van der Waals surface area contributed by atoms with Gasteiger partial charge in [0.1, 0.15) is 0 Å². The molecule has 1 aromatic heterocycles. The van der Waals surface area contributed by atoms with Gasteiger partial charge in [0.05, 0.1) is 0 Å². The van der Waals surface area contributed by atoms with Gasteiger partial charge in [0.2, 0.25) is 0 Å². The molecule has 1 atom stereocenters. The van der Waals surface area contributed by atoms with Crippen LogP contribution >= 0.6 is 0 Å². The minimum atomic E-state index is 0.0912. The van der Waals surface area contributed by atoms with E-state index in [0.29, 0.717) is 0 Å². The Bertz CT molecular complexity index is 346. The summed E-state index contributed by atoms with van der Waals surface area (Å²) in [4.78, 5) is 11.4. The van der Waals surface area contributed by atoms with Crippen LogP contribution in [0.15, 0.2) is 10.9 Å². The standard InChI is InChI=1S/C10H17N3O/c1-8-6-10(14)13(12-8)5-3-9-2-4-11-7-9/h6,9,11-12H,2-5,7H2,1H3. The zero-order chi connectivity index (χ0) is 9.97. The SMILES string of the molecule is Cc1cc(=O)n(CCC2CCNC2)[nH]1. The molecule has 0 aromatic carbocycles. The lowest BCUT2D eigenvalue weighted by Gasteiger charge is -2.07. The molecule has 1 saturated heterocycles. The van der Waals surface area contributed by atoms with Crippen molar-refractivity contribution in [3.05, 3.63) is 22.1 Å². The number of H-pyrrole nitrogens is 1. The average molecular weight is 195 g/mol. The zero-order valence-corrected chi connectivity index (χ0v) is 8.55. The van der Waals surface area contributed by atoms with Gasteiger partial charge in [-0.1, -0.05) is 0 Å². The van der Waals surface area contributed by atoms with Crippen molar-refractivity contribution in [1.82, 2.24) is 15.1 Å². The molecule has 0 amide bonds. The van der Waals surface area contributed by atoms with E-state index in [9.17, 15) is 4.79 Å². The number of aryl methyl sites for hydroxylation is 2. The zero-order valence-electron chi connectivity index (χ0n) is 8.55. The molecule has 0 aliphatic carbocycles. The summed E-state index contributed by atoms with van der Waals surface area (Å²) in [7, 11) is 0. The lowest BCUT2D eigenvalue weighted by Crippen LogP contribution is -2.18. The lowest BCUT2D eigenvalue weighted by molar-refractivity contribution is 0.451. The van der Waals surface area contributed by atoms with Gasteiger partial charge in [-0.05, 0) is 38.8 Å². The molecule has 1 unspecified atom stereocenters. The number of nitrogens with zero attached hydrogens (tertiary/aromatic N) is 1. The average Bonchev–Trinajstić information content (AvgIpc) is 2.72. The predicted molar refractivity (Wildman–Crippen MR) is 55.4 cm³/mol. The fraction of sp³-hybridized carbons (Fsp3) is 0.700. The van der Waals surface area contributed by atoms with E-state index in [1.165, 1.54) is 6.42 Å². The van der Waals surface area contributed by atoms with Crippen LogP contribution in [0, 0.1) is 12.8 Å². The monoisotopic (exact) mass is 195 g/mol. The maximum absolute atomic E-state index is 11.4. The quantitative estimate of drug-likeness (QED) is 0.737. The second-order valence-electron chi connectivity index (χ2n) is 4.08. The Hall–Kier alpha value is -1.03. The summed E-state index contributed by atoms with van der Waals surface area (Å²) in [6.07, 6.45) is 2.33. The highest BCUT2D eigenvalue weighted by atomic mass is 16.1. The second-order valence-corrected chi connectivity index (χ2v) is 4.08. The molecule has 2 rings (SSSR count). The topological polar surface area (TPSA) is 49.8 Å². The van der Waals surface area contributed by atoms with Crippen molar-refractivity contribution in [2.45, 2.75) is 26.3 Å². The molecule has 2 heterocycles. The van der Waals surface area contributed by atoms with Crippen molar-refractivity contribution in [2.75, 3.05) is 13.1 Å². The molecule has 4 heteroatoms. The van der Waals surface area contributed by atoms with Crippen LogP contribution in [0.3, 0.4) is 0 Å². The highest BCUT2D eigenvalue weighted by Crippen LogP contribution is 2.12. The van der Waals surface area contributed by atoms with Gasteiger partial charge < -0.3 is 10.4 Å². The Balaban J connectivity index is 1.91. The second kappa shape index (κ2) is 4.00. The molecular weight excluding hydrogens is 178 g/mol. The van der Waals surface area contributed by atoms with Crippen LogP contribution in [-0.4, -0.2) is 22.9 Å². The Kier molecular flexibility index (Phi) is 2.72.